The van der Waals surface area contributed by atoms with Gasteiger partial charge in [0.1, 0.15) is 0 Å². The van der Waals surface area contributed by atoms with E-state index < -0.39 is 5.60 Å². The molecule has 0 spiro atoms. The predicted octanol–water partition coefficient (Wildman–Crippen LogP) is 2.40. The summed E-state index contributed by atoms with van der Waals surface area (Å²) in [4.78, 5) is 0. The molecular formula is C11H25NOS. The van der Waals surface area contributed by atoms with Gasteiger partial charge in [0.2, 0.25) is 0 Å². The molecule has 14 heavy (non-hydrogen) atoms. The number of hydrogen-bond donors (Lipinski definition) is 2. The molecule has 0 aliphatic heterocycles. The molecule has 0 aliphatic carbocycles. The van der Waals surface area contributed by atoms with E-state index in [9.17, 15) is 5.11 Å². The molecule has 0 rings (SSSR count). The number of nitrogens with two attached hydrogens (primary N) is 1. The molecule has 0 heterocycles. The van der Waals surface area contributed by atoms with Gasteiger partial charge in [0.15, 0.2) is 0 Å². The molecule has 0 fully saturated rings. The molecule has 1 unspecified atom stereocenters. The number of aliphatic hydroxyl groups is 1. The van der Waals surface area contributed by atoms with Crippen LogP contribution in [-0.4, -0.2) is 28.8 Å². The Morgan fingerprint density at radius 3 is 2.43 bits per heavy atom. The van der Waals surface area contributed by atoms with Gasteiger partial charge < -0.3 is 10.8 Å². The first-order valence-corrected chi connectivity index (χ1v) is 6.78. The van der Waals surface area contributed by atoms with Crippen LogP contribution in [0.15, 0.2) is 0 Å². The SMILES string of the molecule is CCCCSCCCCC(C)(O)CN. The zero-order chi connectivity index (χ0) is 10.9. The van der Waals surface area contributed by atoms with Gasteiger partial charge in [0.05, 0.1) is 5.60 Å². The Hall–Kier alpha value is 0.270. The van der Waals surface area contributed by atoms with Gasteiger partial charge in [-0.2, -0.15) is 11.8 Å². The maximum Gasteiger partial charge on any atom is 0.0741 e. The second kappa shape index (κ2) is 8.57. The summed E-state index contributed by atoms with van der Waals surface area (Å²) in [5.74, 6) is 2.50. The van der Waals surface area contributed by atoms with Crippen molar-refractivity contribution in [3.63, 3.8) is 0 Å². The number of rotatable bonds is 9. The van der Waals surface area contributed by atoms with E-state index in [1.54, 1.807) is 0 Å². The highest BCUT2D eigenvalue weighted by atomic mass is 32.2. The van der Waals surface area contributed by atoms with Crippen LogP contribution in [0.2, 0.25) is 0 Å². The lowest BCUT2D eigenvalue weighted by Crippen LogP contribution is -2.33. The van der Waals surface area contributed by atoms with Crippen molar-refractivity contribution < 1.29 is 5.11 Å². The average molecular weight is 219 g/mol. The van der Waals surface area contributed by atoms with Crippen LogP contribution in [0.25, 0.3) is 0 Å². The number of hydrogen-bond acceptors (Lipinski definition) is 3. The largest absolute Gasteiger partial charge is 0.389 e. The summed E-state index contributed by atoms with van der Waals surface area (Å²) in [6.45, 7) is 4.41. The van der Waals surface area contributed by atoms with Crippen molar-refractivity contribution in [1.82, 2.24) is 0 Å². The van der Waals surface area contributed by atoms with E-state index in [1.165, 1.54) is 30.8 Å². The molecule has 0 aromatic carbocycles. The first-order chi connectivity index (χ1) is 6.62. The third kappa shape index (κ3) is 8.85. The zero-order valence-corrected chi connectivity index (χ0v) is 10.4. The van der Waals surface area contributed by atoms with E-state index in [0.717, 1.165) is 12.8 Å². The van der Waals surface area contributed by atoms with Gasteiger partial charge in [-0.05, 0) is 44.1 Å². The van der Waals surface area contributed by atoms with E-state index in [4.69, 9.17) is 5.73 Å². The molecule has 0 saturated heterocycles. The molecule has 0 bridgehead atoms. The maximum absolute atomic E-state index is 9.63. The molecule has 86 valence electrons. The van der Waals surface area contributed by atoms with Crippen molar-refractivity contribution in [2.45, 2.75) is 51.6 Å². The van der Waals surface area contributed by atoms with Gasteiger partial charge >= 0.3 is 0 Å². The Morgan fingerprint density at radius 2 is 1.86 bits per heavy atom. The van der Waals surface area contributed by atoms with Crippen molar-refractivity contribution in [2.24, 2.45) is 5.73 Å². The zero-order valence-electron chi connectivity index (χ0n) is 9.59. The van der Waals surface area contributed by atoms with Crippen LogP contribution < -0.4 is 5.73 Å². The third-order valence-corrected chi connectivity index (χ3v) is 3.49. The van der Waals surface area contributed by atoms with E-state index in [-0.39, 0.29) is 0 Å². The number of unbranched alkanes of at least 4 members (excludes halogenated alkanes) is 2. The Bertz CT molecular complexity index is 128. The minimum absolute atomic E-state index is 0.371. The minimum Gasteiger partial charge on any atom is -0.389 e. The molecule has 0 saturated carbocycles. The lowest BCUT2D eigenvalue weighted by atomic mass is 10.00. The smallest absolute Gasteiger partial charge is 0.0741 e. The summed E-state index contributed by atoms with van der Waals surface area (Å²) in [7, 11) is 0. The molecule has 0 radical (unpaired) electrons. The summed E-state index contributed by atoms with van der Waals surface area (Å²) >= 11 is 2.02. The molecule has 0 aromatic rings. The Morgan fingerprint density at radius 1 is 1.21 bits per heavy atom. The first-order valence-electron chi connectivity index (χ1n) is 5.62. The van der Waals surface area contributed by atoms with Crippen molar-refractivity contribution >= 4 is 11.8 Å². The van der Waals surface area contributed by atoms with Gasteiger partial charge in [-0.1, -0.05) is 13.3 Å². The van der Waals surface area contributed by atoms with Crippen LogP contribution in [-0.2, 0) is 0 Å². The van der Waals surface area contributed by atoms with Crippen LogP contribution in [0.5, 0.6) is 0 Å². The van der Waals surface area contributed by atoms with Crippen molar-refractivity contribution in [2.75, 3.05) is 18.1 Å². The van der Waals surface area contributed by atoms with Crippen molar-refractivity contribution in [3.05, 3.63) is 0 Å². The monoisotopic (exact) mass is 219 g/mol. The fourth-order valence-corrected chi connectivity index (χ4v) is 2.27. The topological polar surface area (TPSA) is 46.2 Å². The van der Waals surface area contributed by atoms with Gasteiger partial charge in [-0.15, -0.1) is 0 Å². The van der Waals surface area contributed by atoms with Gasteiger partial charge in [0, 0.05) is 6.54 Å². The minimum atomic E-state index is -0.645. The molecule has 3 N–H and O–H groups in total. The lowest BCUT2D eigenvalue weighted by molar-refractivity contribution is 0.0577. The second-order valence-electron chi connectivity index (χ2n) is 4.12. The van der Waals surface area contributed by atoms with E-state index in [2.05, 4.69) is 6.92 Å². The summed E-state index contributed by atoms with van der Waals surface area (Å²) in [5, 5.41) is 9.63. The Kier molecular flexibility index (Phi) is 8.73. The fourth-order valence-electron chi connectivity index (χ4n) is 1.16. The van der Waals surface area contributed by atoms with Gasteiger partial charge in [-0.3, -0.25) is 0 Å². The van der Waals surface area contributed by atoms with Crippen LogP contribution >= 0.6 is 11.8 Å². The summed E-state index contributed by atoms with van der Waals surface area (Å²) in [6.07, 6.45) is 5.73. The van der Waals surface area contributed by atoms with Gasteiger partial charge in [0.25, 0.3) is 0 Å². The molecular weight excluding hydrogens is 194 g/mol. The maximum atomic E-state index is 9.63. The average Bonchev–Trinajstić information content (AvgIpc) is 2.16. The second-order valence-corrected chi connectivity index (χ2v) is 5.35. The van der Waals surface area contributed by atoms with E-state index in [0.29, 0.717) is 6.54 Å². The number of thioether (sulfide) groups is 1. The first kappa shape index (κ1) is 14.3. The molecule has 0 amide bonds. The van der Waals surface area contributed by atoms with Gasteiger partial charge in [-0.25, -0.2) is 0 Å². The van der Waals surface area contributed by atoms with E-state index in [1.807, 2.05) is 18.7 Å². The normalized spacial score (nSPS) is 15.4. The lowest BCUT2D eigenvalue weighted by Gasteiger charge is -2.20. The summed E-state index contributed by atoms with van der Waals surface area (Å²) in [5.41, 5.74) is 4.79. The predicted molar refractivity (Wildman–Crippen MR) is 65.8 cm³/mol. The molecule has 0 aromatic heterocycles. The van der Waals surface area contributed by atoms with Crippen LogP contribution in [0, 0.1) is 0 Å². The quantitative estimate of drug-likeness (QED) is 0.585. The molecule has 1 atom stereocenters. The highest BCUT2D eigenvalue weighted by molar-refractivity contribution is 7.99. The Balaban J connectivity index is 3.13. The molecule has 3 heteroatoms. The molecule has 0 aliphatic rings. The highest BCUT2D eigenvalue weighted by Gasteiger charge is 2.16. The van der Waals surface area contributed by atoms with Crippen LogP contribution in [0.1, 0.15) is 46.0 Å². The standard InChI is InChI=1S/C11H25NOS/c1-3-4-8-14-9-6-5-7-11(2,13)10-12/h13H,3-10,12H2,1-2H3. The Labute approximate surface area is 92.6 Å². The third-order valence-electron chi connectivity index (χ3n) is 2.34. The summed E-state index contributed by atoms with van der Waals surface area (Å²) < 4.78 is 0. The van der Waals surface area contributed by atoms with Crippen molar-refractivity contribution in [3.8, 4) is 0 Å². The van der Waals surface area contributed by atoms with Crippen LogP contribution in [0.3, 0.4) is 0 Å². The van der Waals surface area contributed by atoms with E-state index >= 15 is 0 Å². The van der Waals surface area contributed by atoms with Crippen molar-refractivity contribution in [1.29, 1.82) is 0 Å². The van der Waals surface area contributed by atoms with Crippen LogP contribution in [0.4, 0.5) is 0 Å². The fraction of sp³-hybridized carbons (Fsp3) is 1.00. The molecule has 2 nitrogen and oxygen atoms in total. The summed E-state index contributed by atoms with van der Waals surface area (Å²) in [6, 6.07) is 0. The highest BCUT2D eigenvalue weighted by Crippen LogP contribution is 2.14.